The van der Waals surface area contributed by atoms with E-state index in [9.17, 15) is 4.79 Å². The SMILES string of the molecule is CCCOC(=O)c1cnccc1CN1CCC(OC(c2ccccc2)c2ccccc2)CC1. The zero-order chi connectivity index (χ0) is 22.9. The van der Waals surface area contributed by atoms with E-state index in [0.717, 1.165) is 37.9 Å². The van der Waals surface area contributed by atoms with Gasteiger partial charge in [-0.2, -0.15) is 0 Å². The predicted molar refractivity (Wildman–Crippen MR) is 129 cm³/mol. The van der Waals surface area contributed by atoms with Crippen molar-refractivity contribution in [3.05, 3.63) is 101 Å². The van der Waals surface area contributed by atoms with Gasteiger partial charge in [0.25, 0.3) is 0 Å². The Morgan fingerprint density at radius 1 is 1.00 bits per heavy atom. The van der Waals surface area contributed by atoms with Gasteiger partial charge in [0.05, 0.1) is 18.3 Å². The van der Waals surface area contributed by atoms with E-state index in [1.165, 1.54) is 11.1 Å². The van der Waals surface area contributed by atoms with E-state index < -0.39 is 0 Å². The lowest BCUT2D eigenvalue weighted by atomic mass is 10.00. The Labute approximate surface area is 196 Å². The maximum Gasteiger partial charge on any atom is 0.340 e. The van der Waals surface area contributed by atoms with Crippen molar-refractivity contribution in [2.24, 2.45) is 0 Å². The Bertz CT molecular complexity index is 962. The zero-order valence-electron chi connectivity index (χ0n) is 19.2. The molecule has 1 saturated heterocycles. The molecule has 3 aromatic rings. The number of hydrogen-bond donors (Lipinski definition) is 0. The van der Waals surface area contributed by atoms with Crippen LogP contribution < -0.4 is 0 Å². The minimum Gasteiger partial charge on any atom is -0.462 e. The van der Waals surface area contributed by atoms with Crippen molar-refractivity contribution in [3.63, 3.8) is 0 Å². The van der Waals surface area contributed by atoms with Crippen LogP contribution in [0.1, 0.15) is 59.3 Å². The van der Waals surface area contributed by atoms with Crippen molar-refractivity contribution < 1.29 is 14.3 Å². The van der Waals surface area contributed by atoms with Gasteiger partial charge in [0.1, 0.15) is 6.10 Å². The summed E-state index contributed by atoms with van der Waals surface area (Å²) in [5.41, 5.74) is 3.89. The summed E-state index contributed by atoms with van der Waals surface area (Å²) in [5, 5.41) is 0. The molecule has 33 heavy (non-hydrogen) atoms. The lowest BCUT2D eigenvalue weighted by Crippen LogP contribution is -2.37. The highest BCUT2D eigenvalue weighted by atomic mass is 16.5. The van der Waals surface area contributed by atoms with Gasteiger partial charge in [-0.05, 0) is 42.0 Å². The lowest BCUT2D eigenvalue weighted by molar-refractivity contribution is -0.0282. The number of hydrogen-bond acceptors (Lipinski definition) is 5. The van der Waals surface area contributed by atoms with E-state index in [1.807, 2.05) is 25.1 Å². The largest absolute Gasteiger partial charge is 0.462 e. The number of carbonyl (C=O) groups excluding carboxylic acids is 1. The molecule has 4 rings (SSSR count). The molecule has 0 atom stereocenters. The number of carbonyl (C=O) groups is 1. The summed E-state index contributed by atoms with van der Waals surface area (Å²) in [6.07, 6.45) is 6.21. The second kappa shape index (κ2) is 11.7. The average Bonchev–Trinajstić information content (AvgIpc) is 2.88. The minimum atomic E-state index is -0.285. The van der Waals surface area contributed by atoms with E-state index in [2.05, 4.69) is 58.4 Å². The quantitative estimate of drug-likeness (QED) is 0.413. The third-order valence-corrected chi connectivity index (χ3v) is 6.03. The number of benzene rings is 2. The summed E-state index contributed by atoms with van der Waals surface area (Å²) in [4.78, 5) is 18.9. The molecular weight excluding hydrogens is 412 g/mol. The van der Waals surface area contributed by atoms with Gasteiger partial charge in [-0.1, -0.05) is 67.6 Å². The Balaban J connectivity index is 1.38. The van der Waals surface area contributed by atoms with Crippen LogP contribution in [-0.2, 0) is 16.0 Å². The second-order valence-electron chi connectivity index (χ2n) is 8.48. The monoisotopic (exact) mass is 444 g/mol. The maximum absolute atomic E-state index is 12.4. The third kappa shape index (κ3) is 6.28. The fraction of sp³-hybridized carbons (Fsp3) is 0.357. The van der Waals surface area contributed by atoms with Crippen LogP contribution in [-0.4, -0.2) is 41.7 Å². The Morgan fingerprint density at radius 3 is 2.24 bits per heavy atom. The van der Waals surface area contributed by atoms with Crippen LogP contribution >= 0.6 is 0 Å². The summed E-state index contributed by atoms with van der Waals surface area (Å²) in [6.45, 7) is 4.98. The van der Waals surface area contributed by atoms with Crippen LogP contribution in [0.15, 0.2) is 79.1 Å². The van der Waals surface area contributed by atoms with Crippen LogP contribution in [0.3, 0.4) is 0 Å². The lowest BCUT2D eigenvalue weighted by Gasteiger charge is -2.34. The van der Waals surface area contributed by atoms with Crippen LogP contribution in [0.2, 0.25) is 0 Å². The number of nitrogens with zero attached hydrogens (tertiary/aromatic N) is 2. The number of piperidine rings is 1. The highest BCUT2D eigenvalue weighted by molar-refractivity contribution is 5.90. The Kier molecular flexibility index (Phi) is 8.23. The fourth-order valence-corrected chi connectivity index (χ4v) is 4.26. The van der Waals surface area contributed by atoms with Crippen LogP contribution in [0.25, 0.3) is 0 Å². The molecule has 0 unspecified atom stereocenters. The summed E-state index contributed by atoms with van der Waals surface area (Å²) in [6, 6.07) is 22.8. The maximum atomic E-state index is 12.4. The molecule has 0 spiro atoms. The summed E-state index contributed by atoms with van der Waals surface area (Å²) >= 11 is 0. The van der Waals surface area contributed by atoms with E-state index >= 15 is 0 Å². The van der Waals surface area contributed by atoms with Crippen molar-refractivity contribution in [2.75, 3.05) is 19.7 Å². The highest BCUT2D eigenvalue weighted by Crippen LogP contribution is 2.30. The van der Waals surface area contributed by atoms with E-state index in [4.69, 9.17) is 9.47 Å². The first kappa shape index (κ1) is 23.1. The molecule has 1 aromatic heterocycles. The normalized spacial score (nSPS) is 15.0. The number of esters is 1. The molecule has 0 saturated carbocycles. The average molecular weight is 445 g/mol. The molecule has 5 heteroatoms. The molecular formula is C28H32N2O3. The fourth-order valence-electron chi connectivity index (χ4n) is 4.26. The molecule has 0 bridgehead atoms. The van der Waals surface area contributed by atoms with Crippen molar-refractivity contribution in [1.82, 2.24) is 9.88 Å². The van der Waals surface area contributed by atoms with Crippen molar-refractivity contribution >= 4 is 5.97 Å². The molecule has 1 aliphatic rings. The molecule has 0 amide bonds. The topological polar surface area (TPSA) is 51.7 Å². The molecule has 0 radical (unpaired) electrons. The van der Waals surface area contributed by atoms with E-state index in [1.54, 1.807) is 12.4 Å². The molecule has 1 aliphatic heterocycles. The first-order valence-corrected chi connectivity index (χ1v) is 11.8. The molecule has 0 N–H and O–H groups in total. The number of pyridine rings is 1. The van der Waals surface area contributed by atoms with Gasteiger partial charge < -0.3 is 9.47 Å². The van der Waals surface area contributed by atoms with Gasteiger partial charge in [-0.3, -0.25) is 9.88 Å². The minimum absolute atomic E-state index is 0.0657. The zero-order valence-corrected chi connectivity index (χ0v) is 19.2. The smallest absolute Gasteiger partial charge is 0.340 e. The molecule has 2 heterocycles. The molecule has 1 fully saturated rings. The summed E-state index contributed by atoms with van der Waals surface area (Å²) in [7, 11) is 0. The molecule has 0 aliphatic carbocycles. The van der Waals surface area contributed by atoms with Crippen molar-refractivity contribution in [1.29, 1.82) is 0 Å². The molecule has 5 nitrogen and oxygen atoms in total. The van der Waals surface area contributed by atoms with Crippen LogP contribution in [0.5, 0.6) is 0 Å². The van der Waals surface area contributed by atoms with Crippen LogP contribution in [0.4, 0.5) is 0 Å². The number of rotatable bonds is 9. The van der Waals surface area contributed by atoms with Gasteiger partial charge in [-0.15, -0.1) is 0 Å². The first-order chi connectivity index (χ1) is 16.2. The first-order valence-electron chi connectivity index (χ1n) is 11.8. The highest BCUT2D eigenvalue weighted by Gasteiger charge is 2.25. The van der Waals surface area contributed by atoms with E-state index in [-0.39, 0.29) is 18.2 Å². The number of ether oxygens (including phenoxy) is 2. The standard InChI is InChI=1S/C28H32N2O3/c1-2-19-32-28(31)26-20-29-16-13-24(26)21-30-17-14-25(15-18-30)33-27(22-9-5-3-6-10-22)23-11-7-4-8-12-23/h3-13,16,20,25,27H,2,14-15,17-19,21H2,1H3. The number of aromatic nitrogens is 1. The van der Waals surface area contributed by atoms with Gasteiger partial charge >= 0.3 is 5.97 Å². The summed E-state index contributed by atoms with van der Waals surface area (Å²) in [5.74, 6) is -0.285. The van der Waals surface area contributed by atoms with Crippen LogP contribution in [0, 0.1) is 0 Å². The third-order valence-electron chi connectivity index (χ3n) is 6.03. The van der Waals surface area contributed by atoms with Gasteiger partial charge in [0.15, 0.2) is 0 Å². The van der Waals surface area contributed by atoms with Crippen molar-refractivity contribution in [3.8, 4) is 0 Å². The predicted octanol–water partition coefficient (Wildman–Crippen LogP) is 5.42. The van der Waals surface area contributed by atoms with Gasteiger partial charge in [0.2, 0.25) is 0 Å². The Hall–Kier alpha value is -3.02. The number of likely N-dealkylation sites (tertiary alicyclic amines) is 1. The van der Waals surface area contributed by atoms with E-state index in [0.29, 0.717) is 18.7 Å². The van der Waals surface area contributed by atoms with Gasteiger partial charge in [-0.25, -0.2) is 4.79 Å². The molecule has 172 valence electrons. The summed E-state index contributed by atoms with van der Waals surface area (Å²) < 4.78 is 12.0. The molecule has 2 aromatic carbocycles. The van der Waals surface area contributed by atoms with Crippen molar-refractivity contribution in [2.45, 2.75) is 44.9 Å². The second-order valence-corrected chi connectivity index (χ2v) is 8.48. The Morgan fingerprint density at radius 2 is 1.64 bits per heavy atom. The van der Waals surface area contributed by atoms with Gasteiger partial charge in [0, 0.05) is 32.0 Å².